The predicted molar refractivity (Wildman–Crippen MR) is 142 cm³/mol. The highest BCUT2D eigenvalue weighted by Gasteiger charge is 2.17. The Bertz CT molecular complexity index is 1470. The molecule has 0 spiro atoms. The summed E-state index contributed by atoms with van der Waals surface area (Å²) in [5.74, 6) is 0. The van der Waals surface area contributed by atoms with Crippen molar-refractivity contribution in [1.29, 1.82) is 0 Å². The molecule has 1 aliphatic heterocycles. The van der Waals surface area contributed by atoms with Gasteiger partial charge >= 0.3 is 0 Å². The van der Waals surface area contributed by atoms with Gasteiger partial charge in [-0.05, 0) is 28.8 Å². The lowest BCUT2D eigenvalue weighted by Gasteiger charge is -2.19. The van der Waals surface area contributed by atoms with Crippen molar-refractivity contribution < 1.29 is 4.74 Å². The molecule has 0 aliphatic carbocycles. The number of rotatable bonds is 7. The molecule has 34 heavy (non-hydrogen) atoms. The normalized spacial score (nSPS) is 12.8. The minimum atomic E-state index is 0.597. The molecule has 5 rings (SSSR count). The topological polar surface area (TPSA) is 39.1 Å². The first-order valence-corrected chi connectivity index (χ1v) is 11.7. The third-order valence-corrected chi connectivity index (χ3v) is 6.24. The van der Waals surface area contributed by atoms with E-state index in [0.29, 0.717) is 13.0 Å². The van der Waals surface area contributed by atoms with Crippen LogP contribution in [0.4, 0.5) is 0 Å². The van der Waals surface area contributed by atoms with Gasteiger partial charge in [-0.2, -0.15) is 0 Å². The molecule has 0 atom stereocenters. The molecule has 2 heterocycles. The Hall–Kier alpha value is -3.54. The zero-order valence-electron chi connectivity index (χ0n) is 19.2. The summed E-state index contributed by atoms with van der Waals surface area (Å²) in [7, 11) is 1.72. The second kappa shape index (κ2) is 9.75. The van der Waals surface area contributed by atoms with Crippen LogP contribution in [0.1, 0.15) is 27.9 Å². The van der Waals surface area contributed by atoms with Crippen LogP contribution in [-0.4, -0.2) is 16.7 Å². The lowest BCUT2D eigenvalue weighted by molar-refractivity contribution is 0.185. The summed E-state index contributed by atoms with van der Waals surface area (Å²) in [5.41, 5.74) is 8.58. The van der Waals surface area contributed by atoms with E-state index in [1.165, 1.54) is 11.1 Å². The number of methoxy groups -OCH3 is 1. The second-order valence-corrected chi connectivity index (χ2v) is 9.00. The highest BCUT2D eigenvalue weighted by molar-refractivity contribution is 7.80. The molecule has 3 aromatic carbocycles. The van der Waals surface area contributed by atoms with Crippen molar-refractivity contribution in [3.8, 4) is 0 Å². The van der Waals surface area contributed by atoms with Gasteiger partial charge in [0.2, 0.25) is 0 Å². The Morgan fingerprint density at radius 1 is 0.912 bits per heavy atom. The number of hydrogen-bond acceptors (Lipinski definition) is 4. The van der Waals surface area contributed by atoms with Crippen molar-refractivity contribution in [2.75, 3.05) is 7.11 Å². The Morgan fingerprint density at radius 3 is 2.47 bits per heavy atom. The van der Waals surface area contributed by atoms with E-state index in [-0.39, 0.29) is 0 Å². The fourth-order valence-electron chi connectivity index (χ4n) is 4.32. The third kappa shape index (κ3) is 4.72. The molecule has 1 N–H and O–H groups in total. The van der Waals surface area contributed by atoms with Crippen molar-refractivity contribution in [2.45, 2.75) is 24.3 Å². The Balaban J connectivity index is 1.59. The minimum absolute atomic E-state index is 0.597. The fourth-order valence-corrected chi connectivity index (χ4v) is 4.54. The van der Waals surface area contributed by atoms with Gasteiger partial charge in [0.05, 0.1) is 29.0 Å². The van der Waals surface area contributed by atoms with E-state index in [4.69, 9.17) is 9.72 Å². The van der Waals surface area contributed by atoms with Crippen LogP contribution in [0.2, 0.25) is 0 Å². The first kappa shape index (κ1) is 22.3. The van der Waals surface area contributed by atoms with E-state index in [0.717, 1.165) is 50.4 Å². The van der Waals surface area contributed by atoms with Gasteiger partial charge in [0.25, 0.3) is 0 Å². The maximum absolute atomic E-state index is 5.30. The van der Waals surface area contributed by atoms with Crippen LogP contribution in [0.3, 0.4) is 0 Å². The zero-order chi connectivity index (χ0) is 23.5. The summed E-state index contributed by atoms with van der Waals surface area (Å²) < 4.78 is 7.41. The maximum atomic E-state index is 5.30. The highest BCUT2D eigenvalue weighted by atomic mass is 32.1. The Morgan fingerprint density at radius 2 is 1.68 bits per heavy atom. The quantitative estimate of drug-likeness (QED) is 0.401. The summed E-state index contributed by atoms with van der Waals surface area (Å²) in [6, 6.07) is 27.1. The van der Waals surface area contributed by atoms with Crippen LogP contribution >= 0.6 is 12.6 Å². The van der Waals surface area contributed by atoms with Crippen LogP contribution in [0, 0.1) is 0 Å². The number of nitrogens with one attached hydrogen (secondary N) is 1. The molecule has 0 unspecified atom stereocenters. The predicted octanol–water partition coefficient (Wildman–Crippen LogP) is 4.23. The van der Waals surface area contributed by atoms with E-state index < -0.39 is 0 Å². The molecule has 4 aromatic rings. The SMILES string of the molecule is C=c1c(Cc2cccc(COC)c2)nc2n1C=C(c1cccc(S)c1)NC=2Cc1ccccc1. The second-order valence-electron chi connectivity index (χ2n) is 8.49. The van der Waals surface area contributed by atoms with Gasteiger partial charge in [0.15, 0.2) is 5.48 Å². The molecular formula is C29H27N3OS. The molecule has 0 fully saturated rings. The smallest absolute Gasteiger partial charge is 0.157 e. The number of benzene rings is 3. The largest absolute Gasteiger partial charge is 0.380 e. The Kier molecular flexibility index (Phi) is 6.39. The lowest BCUT2D eigenvalue weighted by atomic mass is 10.1. The van der Waals surface area contributed by atoms with Crippen LogP contribution in [-0.2, 0) is 24.2 Å². The van der Waals surface area contributed by atoms with Gasteiger partial charge in [0, 0.05) is 36.6 Å². The highest BCUT2D eigenvalue weighted by Crippen LogP contribution is 2.21. The van der Waals surface area contributed by atoms with Crippen molar-refractivity contribution in [3.05, 3.63) is 118 Å². The van der Waals surface area contributed by atoms with Gasteiger partial charge in [-0.25, -0.2) is 4.98 Å². The number of aromatic nitrogens is 2. The minimum Gasteiger partial charge on any atom is -0.380 e. The molecule has 0 amide bonds. The van der Waals surface area contributed by atoms with Gasteiger partial charge in [-0.15, -0.1) is 12.6 Å². The third-order valence-electron chi connectivity index (χ3n) is 5.96. The number of thiol groups is 1. The molecular weight excluding hydrogens is 438 g/mol. The number of nitrogens with zero attached hydrogens (tertiary/aromatic N) is 2. The Labute approximate surface area is 205 Å². The van der Waals surface area contributed by atoms with E-state index in [1.807, 2.05) is 18.2 Å². The van der Waals surface area contributed by atoms with Gasteiger partial charge in [0.1, 0.15) is 0 Å². The van der Waals surface area contributed by atoms with Gasteiger partial charge in [-0.1, -0.05) is 73.3 Å². The van der Waals surface area contributed by atoms with Crippen LogP contribution in [0.5, 0.6) is 0 Å². The van der Waals surface area contributed by atoms with Gasteiger partial charge < -0.3 is 10.1 Å². The molecule has 5 heteroatoms. The lowest BCUT2D eigenvalue weighted by Crippen LogP contribution is -2.35. The van der Waals surface area contributed by atoms with Crippen LogP contribution < -0.4 is 16.1 Å². The maximum Gasteiger partial charge on any atom is 0.157 e. The van der Waals surface area contributed by atoms with Crippen molar-refractivity contribution in [2.24, 2.45) is 0 Å². The number of ether oxygens (including phenoxy) is 1. The van der Waals surface area contributed by atoms with E-state index in [1.54, 1.807) is 7.11 Å². The molecule has 0 saturated carbocycles. The first-order chi connectivity index (χ1) is 16.6. The zero-order valence-corrected chi connectivity index (χ0v) is 20.1. The molecule has 0 saturated heterocycles. The number of imidazole rings is 1. The number of fused-ring (bicyclic) bond motifs is 1. The van der Waals surface area contributed by atoms with Crippen molar-refractivity contribution >= 4 is 36.8 Å². The molecule has 1 aromatic heterocycles. The molecule has 0 bridgehead atoms. The number of hydrogen-bond donors (Lipinski definition) is 2. The first-order valence-electron chi connectivity index (χ1n) is 11.3. The monoisotopic (exact) mass is 465 g/mol. The molecule has 0 radical (unpaired) electrons. The summed E-state index contributed by atoms with van der Waals surface area (Å²) in [4.78, 5) is 5.98. The van der Waals surface area contributed by atoms with Crippen LogP contribution in [0.25, 0.3) is 24.2 Å². The van der Waals surface area contributed by atoms with Crippen molar-refractivity contribution in [1.82, 2.24) is 14.9 Å². The summed E-state index contributed by atoms with van der Waals surface area (Å²) in [6.07, 6.45) is 3.55. The average molecular weight is 466 g/mol. The molecule has 170 valence electrons. The standard InChI is InChI=1S/C29H27N3OS/c1-20-26(16-22-10-6-11-23(14-22)19-33-2)31-29-27(15-21-8-4-3-5-9-21)30-28(18-32(20)29)24-12-7-13-25(34)17-24/h3-14,17-18,30,34H,1,15-16,19H2,2H3. The van der Waals surface area contributed by atoms with E-state index in [9.17, 15) is 0 Å². The molecule has 4 nitrogen and oxygen atoms in total. The summed E-state index contributed by atoms with van der Waals surface area (Å²) in [6.45, 7) is 5.01. The molecule has 1 aliphatic rings. The van der Waals surface area contributed by atoms with Crippen LogP contribution in [0.15, 0.2) is 83.8 Å². The summed E-state index contributed by atoms with van der Waals surface area (Å²) in [5, 5.41) is 4.55. The average Bonchev–Trinajstić information content (AvgIpc) is 3.16. The van der Waals surface area contributed by atoms with Gasteiger partial charge in [-0.3, -0.25) is 4.57 Å². The van der Waals surface area contributed by atoms with Crippen molar-refractivity contribution in [3.63, 3.8) is 0 Å². The fraction of sp³-hybridized carbons (Fsp3) is 0.138. The van der Waals surface area contributed by atoms with E-state index >= 15 is 0 Å². The van der Waals surface area contributed by atoms with E-state index in [2.05, 4.69) is 96.0 Å². The summed E-state index contributed by atoms with van der Waals surface area (Å²) >= 11 is 4.53.